The van der Waals surface area contributed by atoms with Crippen LogP contribution < -0.4 is 5.32 Å². The maximum atomic E-state index is 4.31. The first-order valence-corrected chi connectivity index (χ1v) is 8.41. The van der Waals surface area contributed by atoms with Gasteiger partial charge in [-0.25, -0.2) is 0 Å². The lowest BCUT2D eigenvalue weighted by atomic mass is 10.2. The van der Waals surface area contributed by atoms with Crippen LogP contribution in [0.25, 0.3) is 10.6 Å². The molecule has 0 amide bonds. The lowest BCUT2D eigenvalue weighted by molar-refractivity contribution is 0.550. The van der Waals surface area contributed by atoms with Crippen LogP contribution in [0.4, 0.5) is 0 Å². The van der Waals surface area contributed by atoms with Crippen molar-refractivity contribution < 1.29 is 0 Å². The first kappa shape index (κ1) is 14.5. The van der Waals surface area contributed by atoms with Gasteiger partial charge in [0, 0.05) is 17.0 Å². The van der Waals surface area contributed by atoms with Crippen LogP contribution in [0.1, 0.15) is 18.9 Å². The van der Waals surface area contributed by atoms with Gasteiger partial charge in [0.2, 0.25) is 0 Å². The topological polar surface area (TPSA) is 37.8 Å². The molecule has 0 saturated heterocycles. The number of hydrogen-bond donors (Lipinski definition) is 1. The van der Waals surface area contributed by atoms with E-state index in [1.807, 2.05) is 6.07 Å². The van der Waals surface area contributed by atoms with E-state index in [1.165, 1.54) is 10.5 Å². The summed E-state index contributed by atoms with van der Waals surface area (Å²) in [7, 11) is 0. The molecule has 1 aromatic heterocycles. The van der Waals surface area contributed by atoms with Gasteiger partial charge in [-0.1, -0.05) is 43.4 Å². The number of rotatable bonds is 6. The van der Waals surface area contributed by atoms with Crippen molar-refractivity contribution in [2.24, 2.45) is 5.92 Å². The minimum absolute atomic E-state index is 0.657. The average molecular weight is 293 g/mol. The number of aromatic nitrogens is 2. The maximum absolute atomic E-state index is 4.31. The lowest BCUT2D eigenvalue weighted by Crippen LogP contribution is -2.18. The molecular formula is C14H19N3S2. The second-order valence-corrected chi connectivity index (χ2v) is 6.64. The van der Waals surface area contributed by atoms with Crippen molar-refractivity contribution in [3.8, 4) is 10.6 Å². The van der Waals surface area contributed by atoms with Crippen LogP contribution in [0.15, 0.2) is 29.2 Å². The van der Waals surface area contributed by atoms with Gasteiger partial charge >= 0.3 is 0 Å². The maximum Gasteiger partial charge on any atom is 0.148 e. The van der Waals surface area contributed by atoms with Gasteiger partial charge in [0.1, 0.15) is 10.0 Å². The van der Waals surface area contributed by atoms with Crippen molar-refractivity contribution in [2.75, 3.05) is 12.8 Å². The highest BCUT2D eigenvalue weighted by molar-refractivity contribution is 7.98. The van der Waals surface area contributed by atoms with E-state index >= 15 is 0 Å². The number of hydrogen-bond acceptors (Lipinski definition) is 5. The number of nitrogens with one attached hydrogen (secondary N) is 1. The van der Waals surface area contributed by atoms with Gasteiger partial charge < -0.3 is 5.32 Å². The Balaban J connectivity index is 2.08. The third-order valence-corrected chi connectivity index (χ3v) is 4.39. The predicted molar refractivity (Wildman–Crippen MR) is 83.7 cm³/mol. The van der Waals surface area contributed by atoms with Gasteiger partial charge in [0.05, 0.1) is 0 Å². The van der Waals surface area contributed by atoms with Gasteiger partial charge in [0.25, 0.3) is 0 Å². The smallest absolute Gasteiger partial charge is 0.148 e. The fraction of sp³-hybridized carbons (Fsp3) is 0.429. The van der Waals surface area contributed by atoms with E-state index in [0.29, 0.717) is 5.92 Å². The molecule has 1 heterocycles. The Morgan fingerprint density at radius 3 is 2.79 bits per heavy atom. The van der Waals surface area contributed by atoms with E-state index in [1.54, 1.807) is 23.1 Å². The predicted octanol–water partition coefficient (Wildman–Crippen LogP) is 3.67. The van der Waals surface area contributed by atoms with E-state index < -0.39 is 0 Å². The standard InChI is InChI=1S/C14H19N3S2/c1-10(2)8-15-9-13-16-17-14(19-13)11-6-4-5-7-12(11)18-3/h4-7,10,15H,8-9H2,1-3H3. The quantitative estimate of drug-likeness (QED) is 0.825. The fourth-order valence-electron chi connectivity index (χ4n) is 1.72. The monoisotopic (exact) mass is 293 g/mol. The van der Waals surface area contributed by atoms with Gasteiger partial charge in [-0.3, -0.25) is 0 Å². The molecule has 0 unspecified atom stereocenters. The first-order valence-electron chi connectivity index (χ1n) is 6.37. The zero-order valence-electron chi connectivity index (χ0n) is 11.5. The molecule has 0 atom stereocenters. The van der Waals surface area contributed by atoms with E-state index in [-0.39, 0.29) is 0 Å². The molecule has 0 saturated carbocycles. The van der Waals surface area contributed by atoms with Crippen molar-refractivity contribution in [3.05, 3.63) is 29.3 Å². The fourth-order valence-corrected chi connectivity index (χ4v) is 3.24. The third kappa shape index (κ3) is 4.03. The van der Waals surface area contributed by atoms with Crippen LogP contribution in [-0.2, 0) is 6.54 Å². The summed E-state index contributed by atoms with van der Waals surface area (Å²) in [6.45, 7) is 6.22. The van der Waals surface area contributed by atoms with Crippen molar-refractivity contribution in [1.29, 1.82) is 0 Å². The Morgan fingerprint density at radius 1 is 1.26 bits per heavy atom. The number of benzene rings is 1. The van der Waals surface area contributed by atoms with Gasteiger partial charge in [-0.2, -0.15) is 0 Å². The summed E-state index contributed by atoms with van der Waals surface area (Å²) in [5.74, 6) is 0.657. The zero-order valence-corrected chi connectivity index (χ0v) is 13.1. The van der Waals surface area contributed by atoms with Crippen LogP contribution in [0.3, 0.4) is 0 Å². The lowest BCUT2D eigenvalue weighted by Gasteiger charge is -2.04. The number of thioether (sulfide) groups is 1. The second-order valence-electron chi connectivity index (χ2n) is 4.73. The van der Waals surface area contributed by atoms with E-state index in [9.17, 15) is 0 Å². The van der Waals surface area contributed by atoms with Gasteiger partial charge in [0.15, 0.2) is 0 Å². The van der Waals surface area contributed by atoms with Crippen molar-refractivity contribution in [1.82, 2.24) is 15.5 Å². The van der Waals surface area contributed by atoms with E-state index in [2.05, 4.69) is 53.8 Å². The molecule has 0 aliphatic carbocycles. The van der Waals surface area contributed by atoms with Crippen LogP contribution >= 0.6 is 23.1 Å². The summed E-state index contributed by atoms with van der Waals surface area (Å²) < 4.78 is 0. The third-order valence-electron chi connectivity index (χ3n) is 2.63. The molecule has 19 heavy (non-hydrogen) atoms. The molecule has 1 N–H and O–H groups in total. The largest absolute Gasteiger partial charge is 0.310 e. The second kappa shape index (κ2) is 7.03. The van der Waals surface area contributed by atoms with Gasteiger partial charge in [-0.15, -0.1) is 22.0 Å². The molecule has 0 fully saturated rings. The summed E-state index contributed by atoms with van der Waals surface area (Å²) in [5, 5.41) is 14.0. The van der Waals surface area contributed by atoms with Crippen molar-refractivity contribution in [3.63, 3.8) is 0 Å². The highest BCUT2D eigenvalue weighted by atomic mass is 32.2. The first-order chi connectivity index (χ1) is 9.20. The average Bonchev–Trinajstić information content (AvgIpc) is 2.87. The number of nitrogens with zero attached hydrogens (tertiary/aromatic N) is 2. The van der Waals surface area contributed by atoms with E-state index in [4.69, 9.17) is 0 Å². The van der Waals surface area contributed by atoms with Crippen molar-refractivity contribution >= 4 is 23.1 Å². The molecule has 2 aromatic rings. The SMILES string of the molecule is CSc1ccccc1-c1nnc(CNCC(C)C)s1. The molecule has 1 aromatic carbocycles. The summed E-state index contributed by atoms with van der Waals surface area (Å²) in [4.78, 5) is 1.25. The molecule has 3 nitrogen and oxygen atoms in total. The highest BCUT2D eigenvalue weighted by Gasteiger charge is 2.10. The molecule has 0 bridgehead atoms. The van der Waals surface area contributed by atoms with Crippen LogP contribution in [0.5, 0.6) is 0 Å². The Morgan fingerprint density at radius 2 is 2.05 bits per heavy atom. The molecular weight excluding hydrogens is 274 g/mol. The molecule has 0 aliphatic rings. The summed E-state index contributed by atoms with van der Waals surface area (Å²) in [5.41, 5.74) is 1.18. The molecule has 0 radical (unpaired) electrons. The molecule has 5 heteroatoms. The Labute approximate surface area is 122 Å². The normalized spacial score (nSPS) is 11.2. The Kier molecular flexibility index (Phi) is 5.36. The molecule has 102 valence electrons. The van der Waals surface area contributed by atoms with Crippen LogP contribution in [0.2, 0.25) is 0 Å². The van der Waals surface area contributed by atoms with Crippen LogP contribution in [-0.4, -0.2) is 23.0 Å². The summed E-state index contributed by atoms with van der Waals surface area (Å²) >= 11 is 3.41. The zero-order chi connectivity index (χ0) is 13.7. The summed E-state index contributed by atoms with van der Waals surface area (Å²) in [6, 6.07) is 8.34. The van der Waals surface area contributed by atoms with E-state index in [0.717, 1.165) is 23.1 Å². The molecule has 0 aliphatic heterocycles. The molecule has 2 rings (SSSR count). The molecule has 0 spiro atoms. The Bertz CT molecular complexity index is 523. The summed E-state index contributed by atoms with van der Waals surface area (Å²) in [6.07, 6.45) is 2.09. The Hall–Kier alpha value is -0.910. The minimum Gasteiger partial charge on any atom is -0.310 e. The van der Waals surface area contributed by atoms with Crippen molar-refractivity contribution in [2.45, 2.75) is 25.3 Å². The van der Waals surface area contributed by atoms with Gasteiger partial charge in [-0.05, 0) is 24.8 Å². The minimum atomic E-state index is 0.657. The van der Waals surface area contributed by atoms with Crippen LogP contribution in [0, 0.1) is 5.92 Å². The highest BCUT2D eigenvalue weighted by Crippen LogP contribution is 2.31.